The largest absolute Gasteiger partial charge is 0.368 e. The third kappa shape index (κ3) is 4.60. The van der Waals surface area contributed by atoms with Crippen molar-refractivity contribution in [3.05, 3.63) is 52.3 Å². The van der Waals surface area contributed by atoms with Gasteiger partial charge in [-0.15, -0.1) is 0 Å². The van der Waals surface area contributed by atoms with Gasteiger partial charge in [-0.1, -0.05) is 11.6 Å². The maximum atomic E-state index is 12.7. The number of benzene rings is 1. The fraction of sp³-hybridized carbons (Fsp3) is 0.400. The Morgan fingerprint density at radius 3 is 2.61 bits per heavy atom. The van der Waals surface area contributed by atoms with Gasteiger partial charge < -0.3 is 24.8 Å². The lowest BCUT2D eigenvalue weighted by Crippen LogP contribution is -2.47. The van der Waals surface area contributed by atoms with Gasteiger partial charge in [-0.05, 0) is 43.2 Å². The number of rotatable bonds is 5. The van der Waals surface area contributed by atoms with Crippen LogP contribution in [-0.4, -0.2) is 70.4 Å². The summed E-state index contributed by atoms with van der Waals surface area (Å²) in [4.78, 5) is 29.0. The second kappa shape index (κ2) is 9.84. The van der Waals surface area contributed by atoms with E-state index in [-0.39, 0.29) is 12.0 Å². The van der Waals surface area contributed by atoms with Gasteiger partial charge in [0.05, 0.1) is 16.5 Å². The number of fused-ring (bicyclic) bond motifs is 1. The number of ether oxygens (including phenoxy) is 1. The minimum atomic E-state index is -1.31. The van der Waals surface area contributed by atoms with Gasteiger partial charge in [-0.3, -0.25) is 4.79 Å². The van der Waals surface area contributed by atoms with E-state index >= 15 is 0 Å². The first-order valence-electron chi connectivity index (χ1n) is 12.2. The van der Waals surface area contributed by atoms with Crippen molar-refractivity contribution in [2.24, 2.45) is 0 Å². The number of hydrogen-bond donors (Lipinski definition) is 1. The van der Waals surface area contributed by atoms with Gasteiger partial charge in [0.15, 0.2) is 5.82 Å². The van der Waals surface area contributed by atoms with E-state index in [0.29, 0.717) is 41.9 Å². The summed E-state index contributed by atoms with van der Waals surface area (Å²) in [6.45, 7) is 4.42. The van der Waals surface area contributed by atoms with E-state index < -0.39 is 10.8 Å². The molecule has 2 fully saturated rings. The van der Waals surface area contributed by atoms with Crippen LogP contribution in [0.2, 0.25) is 5.02 Å². The summed E-state index contributed by atoms with van der Waals surface area (Å²) in [6, 6.07) is 7.89. The zero-order valence-corrected chi connectivity index (χ0v) is 21.3. The molecule has 5 heterocycles. The molecular weight excluding hydrogens is 500 g/mol. The normalized spacial score (nSPS) is 23.2. The molecule has 11 heteroatoms. The minimum Gasteiger partial charge on any atom is -0.368 e. The van der Waals surface area contributed by atoms with Crippen molar-refractivity contribution in [1.82, 2.24) is 14.9 Å². The van der Waals surface area contributed by atoms with E-state index in [2.05, 4.69) is 15.1 Å². The molecule has 1 N–H and O–H groups in total. The van der Waals surface area contributed by atoms with E-state index in [1.807, 2.05) is 30.5 Å². The van der Waals surface area contributed by atoms with Gasteiger partial charge in [-0.25, -0.2) is 9.19 Å². The molecule has 188 valence electrons. The van der Waals surface area contributed by atoms with Crippen molar-refractivity contribution in [2.75, 3.05) is 54.4 Å². The summed E-state index contributed by atoms with van der Waals surface area (Å²) in [6.07, 6.45) is 5.63. The SMILES string of the molecule is O=C([C@H]1CCCO1)N1C=C(Nc2nc(N3CCN(c4ccc(Cl)cc4)CC3)nc3c2S(=O)C=C3)CC1. The predicted molar refractivity (Wildman–Crippen MR) is 140 cm³/mol. The summed E-state index contributed by atoms with van der Waals surface area (Å²) in [7, 11) is -1.31. The molecule has 2 aromatic rings. The number of piperazine rings is 1. The Morgan fingerprint density at radius 1 is 1.08 bits per heavy atom. The van der Waals surface area contributed by atoms with Crippen molar-refractivity contribution >= 4 is 51.8 Å². The predicted octanol–water partition coefficient (Wildman–Crippen LogP) is 3.21. The molecule has 36 heavy (non-hydrogen) atoms. The summed E-state index contributed by atoms with van der Waals surface area (Å²) in [5.41, 5.74) is 2.68. The van der Waals surface area contributed by atoms with Crippen molar-refractivity contribution < 1.29 is 13.7 Å². The van der Waals surface area contributed by atoms with Crippen molar-refractivity contribution in [3.63, 3.8) is 0 Å². The first-order valence-corrected chi connectivity index (χ1v) is 13.8. The molecule has 9 nitrogen and oxygen atoms in total. The molecule has 0 radical (unpaired) electrons. The standard InChI is InChI=1S/C25H27ClN6O3S/c26-17-3-5-19(6-4-17)30-10-12-31(13-11-30)25-28-20-8-15-36(34)22(20)23(29-25)27-18-7-9-32(16-18)24(33)21-2-1-14-35-21/h3-6,8,15-16,21H,1-2,7,9-14H2,(H,27,28,29)/t21-,36?/m1/s1. The molecule has 1 amide bonds. The van der Waals surface area contributed by atoms with E-state index in [0.717, 1.165) is 55.4 Å². The van der Waals surface area contributed by atoms with Crippen LogP contribution >= 0.6 is 11.6 Å². The van der Waals surface area contributed by atoms with Crippen LogP contribution in [0.4, 0.5) is 17.5 Å². The molecule has 2 atom stereocenters. The zero-order valence-electron chi connectivity index (χ0n) is 19.7. The Hall–Kier alpha value is -2.95. The molecule has 0 spiro atoms. The highest BCUT2D eigenvalue weighted by Crippen LogP contribution is 2.33. The second-order valence-corrected chi connectivity index (χ2v) is 10.9. The van der Waals surface area contributed by atoms with E-state index in [1.165, 1.54) is 0 Å². The highest BCUT2D eigenvalue weighted by Gasteiger charge is 2.31. The highest BCUT2D eigenvalue weighted by molar-refractivity contribution is 7.88. The number of amides is 1. The average Bonchev–Trinajstić information content (AvgIpc) is 3.66. The number of aromatic nitrogens is 2. The van der Waals surface area contributed by atoms with Gasteiger partial charge >= 0.3 is 0 Å². The Balaban J connectivity index is 1.19. The van der Waals surface area contributed by atoms with E-state index in [4.69, 9.17) is 26.3 Å². The van der Waals surface area contributed by atoms with Gasteiger partial charge in [0.2, 0.25) is 5.95 Å². The summed E-state index contributed by atoms with van der Waals surface area (Å²) < 4.78 is 18.2. The summed E-state index contributed by atoms with van der Waals surface area (Å²) in [5, 5.41) is 5.73. The zero-order chi connectivity index (χ0) is 24.6. The van der Waals surface area contributed by atoms with Gasteiger partial charge in [0.25, 0.3) is 5.91 Å². The fourth-order valence-corrected chi connectivity index (χ4v) is 6.06. The van der Waals surface area contributed by atoms with E-state index in [1.54, 1.807) is 16.4 Å². The first kappa shape index (κ1) is 23.4. The molecule has 4 aliphatic rings. The molecular formula is C25H27ClN6O3S. The molecule has 1 aromatic carbocycles. The van der Waals surface area contributed by atoms with Crippen molar-refractivity contribution in [2.45, 2.75) is 30.3 Å². The Morgan fingerprint density at radius 2 is 1.86 bits per heavy atom. The van der Waals surface area contributed by atoms with Crippen LogP contribution < -0.4 is 15.1 Å². The van der Waals surface area contributed by atoms with E-state index in [9.17, 15) is 9.00 Å². The minimum absolute atomic E-state index is 0.00158. The summed E-state index contributed by atoms with van der Waals surface area (Å²) in [5.74, 6) is 1.15. The first-order chi connectivity index (χ1) is 17.5. The molecule has 1 unspecified atom stereocenters. The monoisotopic (exact) mass is 526 g/mol. The van der Waals surface area contributed by atoms with Crippen LogP contribution in [0.15, 0.2) is 46.5 Å². The summed E-state index contributed by atoms with van der Waals surface area (Å²) >= 11 is 6.03. The molecule has 0 aliphatic carbocycles. The molecule has 6 rings (SSSR count). The smallest absolute Gasteiger partial charge is 0.255 e. The number of hydrogen-bond acceptors (Lipinski definition) is 8. The fourth-order valence-electron chi connectivity index (χ4n) is 4.94. The number of carbonyl (C=O) groups is 1. The van der Waals surface area contributed by atoms with Gasteiger partial charge in [0.1, 0.15) is 11.0 Å². The Kier molecular flexibility index (Phi) is 6.41. The average molecular weight is 527 g/mol. The third-order valence-electron chi connectivity index (χ3n) is 6.89. The molecule has 0 bridgehead atoms. The van der Waals surface area contributed by atoms with Crippen molar-refractivity contribution in [3.8, 4) is 0 Å². The lowest BCUT2D eigenvalue weighted by Gasteiger charge is -2.36. The lowest BCUT2D eigenvalue weighted by molar-refractivity contribution is -0.137. The molecule has 0 saturated carbocycles. The Labute approximate surface area is 217 Å². The molecule has 2 saturated heterocycles. The van der Waals surface area contributed by atoms with Crippen LogP contribution in [0.3, 0.4) is 0 Å². The third-order valence-corrected chi connectivity index (χ3v) is 8.33. The van der Waals surface area contributed by atoms with Crippen LogP contribution in [0.25, 0.3) is 6.08 Å². The molecule has 1 aromatic heterocycles. The van der Waals surface area contributed by atoms with Gasteiger partial charge in [0, 0.05) is 73.8 Å². The van der Waals surface area contributed by atoms with Gasteiger partial charge in [-0.2, -0.15) is 4.98 Å². The number of halogens is 1. The highest BCUT2D eigenvalue weighted by atomic mass is 35.5. The van der Waals surface area contributed by atoms with Crippen LogP contribution in [0.1, 0.15) is 25.0 Å². The molecule has 4 aliphatic heterocycles. The van der Waals surface area contributed by atoms with Crippen LogP contribution in [0, 0.1) is 0 Å². The quantitative estimate of drug-likeness (QED) is 0.635. The number of nitrogens with zero attached hydrogens (tertiary/aromatic N) is 5. The second-order valence-electron chi connectivity index (χ2n) is 9.20. The lowest BCUT2D eigenvalue weighted by atomic mass is 10.2. The Bertz CT molecular complexity index is 1250. The van der Waals surface area contributed by atoms with Crippen LogP contribution in [-0.2, 0) is 20.3 Å². The topological polar surface area (TPSA) is 90.9 Å². The number of carbonyl (C=O) groups excluding carboxylic acids is 1. The number of anilines is 3. The van der Waals surface area contributed by atoms with Crippen molar-refractivity contribution in [1.29, 1.82) is 0 Å². The number of nitrogens with one attached hydrogen (secondary N) is 1. The maximum absolute atomic E-state index is 12.7. The van der Waals surface area contributed by atoms with Crippen LogP contribution in [0.5, 0.6) is 0 Å². The maximum Gasteiger partial charge on any atom is 0.255 e.